The van der Waals surface area contributed by atoms with Crippen molar-refractivity contribution in [3.63, 3.8) is 0 Å². The molecule has 1 fully saturated rings. The van der Waals surface area contributed by atoms with Gasteiger partial charge in [0, 0.05) is 35.1 Å². The molecular formula is C13H19N3O2S3. The van der Waals surface area contributed by atoms with Crippen molar-refractivity contribution < 1.29 is 8.42 Å². The zero-order valence-corrected chi connectivity index (χ0v) is 14.5. The van der Waals surface area contributed by atoms with Crippen LogP contribution < -0.4 is 10.6 Å². The lowest BCUT2D eigenvalue weighted by molar-refractivity contribution is 0.579. The fraction of sp³-hybridized carbons (Fsp3) is 0.538. The Morgan fingerprint density at radius 2 is 2.29 bits per heavy atom. The van der Waals surface area contributed by atoms with Gasteiger partial charge in [-0.05, 0) is 19.1 Å². The highest BCUT2D eigenvalue weighted by atomic mass is 32.2. The molecule has 1 unspecified atom stereocenters. The van der Waals surface area contributed by atoms with Crippen LogP contribution in [-0.4, -0.2) is 47.6 Å². The predicted octanol–water partition coefficient (Wildman–Crippen LogP) is 1.34. The number of rotatable bonds is 4. The molecule has 1 aromatic heterocycles. The Bertz CT molecular complexity index is 646. The smallest absolute Gasteiger partial charge is 0.171 e. The van der Waals surface area contributed by atoms with E-state index in [1.807, 2.05) is 17.9 Å². The van der Waals surface area contributed by atoms with E-state index < -0.39 is 15.2 Å². The average Bonchev–Trinajstić information content (AvgIpc) is 2.46. The molecule has 0 bridgehead atoms. The molecule has 1 aliphatic heterocycles. The first-order valence-corrected chi connectivity index (χ1v) is 9.97. The molecule has 1 atom stereocenters. The second-order valence-electron chi connectivity index (χ2n) is 4.89. The Balaban J connectivity index is 2.45. The molecule has 0 aliphatic carbocycles. The van der Waals surface area contributed by atoms with Crippen molar-refractivity contribution in [3.05, 3.63) is 23.4 Å². The molecule has 1 aliphatic rings. The molecule has 1 saturated heterocycles. The van der Waals surface area contributed by atoms with E-state index in [4.69, 9.17) is 18.0 Å². The third-order valence-corrected chi connectivity index (χ3v) is 6.94. The van der Waals surface area contributed by atoms with Crippen molar-refractivity contribution in [2.45, 2.75) is 19.2 Å². The normalized spacial score (nSPS) is 19.5. The van der Waals surface area contributed by atoms with Gasteiger partial charge in [-0.3, -0.25) is 0 Å². The lowest BCUT2D eigenvalue weighted by Crippen LogP contribution is -2.48. The van der Waals surface area contributed by atoms with Gasteiger partial charge in [0.25, 0.3) is 0 Å². The minimum absolute atomic E-state index is 0.128. The molecular weight excluding hydrogens is 326 g/mol. The average molecular weight is 346 g/mol. The Hall–Kier alpha value is -0.860. The number of thiocarbonyl (C=S) groups is 1. The summed E-state index contributed by atoms with van der Waals surface area (Å²) in [5.41, 5.74) is 7.19. The maximum Gasteiger partial charge on any atom is 0.171 e. The standard InChI is InChI=1S/C13H19N3O2S3/c1-3-21(17,18)12-8-20-5-4-16(12)11-7-10(13(14)19)6-9(2)15-11/h6-7,12H,3-5,8H2,1-2H3,(H2,14,19). The number of anilines is 1. The third kappa shape index (κ3) is 3.67. The van der Waals surface area contributed by atoms with Gasteiger partial charge < -0.3 is 10.6 Å². The zero-order valence-electron chi connectivity index (χ0n) is 12.1. The summed E-state index contributed by atoms with van der Waals surface area (Å²) in [5, 5.41) is -0.533. The fourth-order valence-electron chi connectivity index (χ4n) is 2.27. The highest BCUT2D eigenvalue weighted by molar-refractivity contribution is 8.01. The summed E-state index contributed by atoms with van der Waals surface area (Å²) in [7, 11) is -3.16. The van der Waals surface area contributed by atoms with E-state index in [1.165, 1.54) is 0 Å². The van der Waals surface area contributed by atoms with E-state index in [0.29, 0.717) is 23.1 Å². The molecule has 116 valence electrons. The van der Waals surface area contributed by atoms with Gasteiger partial charge in [-0.25, -0.2) is 13.4 Å². The van der Waals surface area contributed by atoms with Crippen LogP contribution in [0.5, 0.6) is 0 Å². The Kier molecular flexibility index (Phi) is 5.11. The number of hydrogen-bond donors (Lipinski definition) is 1. The van der Waals surface area contributed by atoms with Crippen LogP contribution in [-0.2, 0) is 9.84 Å². The first-order chi connectivity index (χ1) is 9.85. The van der Waals surface area contributed by atoms with Crippen molar-refractivity contribution in [1.29, 1.82) is 0 Å². The Morgan fingerprint density at radius 3 is 2.90 bits per heavy atom. The molecule has 5 nitrogen and oxygen atoms in total. The van der Waals surface area contributed by atoms with Crippen LogP contribution in [0.25, 0.3) is 0 Å². The van der Waals surface area contributed by atoms with Gasteiger partial charge in [-0.15, -0.1) is 0 Å². The Labute approximate surface area is 135 Å². The summed E-state index contributed by atoms with van der Waals surface area (Å²) >= 11 is 6.68. The molecule has 0 saturated carbocycles. The van der Waals surface area contributed by atoms with Crippen molar-refractivity contribution in [2.75, 3.05) is 28.7 Å². The molecule has 0 spiro atoms. The number of pyridine rings is 1. The second-order valence-corrected chi connectivity index (χ2v) is 8.93. The summed E-state index contributed by atoms with van der Waals surface area (Å²) in [6, 6.07) is 3.59. The van der Waals surface area contributed by atoms with Gasteiger partial charge in [0.05, 0.1) is 0 Å². The van der Waals surface area contributed by atoms with Gasteiger partial charge in [0.15, 0.2) is 9.84 Å². The Morgan fingerprint density at radius 1 is 1.57 bits per heavy atom. The SMILES string of the molecule is CCS(=O)(=O)C1CSCCN1c1cc(C(N)=S)cc(C)n1. The first-order valence-electron chi connectivity index (χ1n) is 6.69. The summed E-state index contributed by atoms with van der Waals surface area (Å²) in [6.45, 7) is 4.19. The van der Waals surface area contributed by atoms with E-state index in [9.17, 15) is 8.42 Å². The molecule has 8 heteroatoms. The second kappa shape index (κ2) is 6.50. The number of thioether (sulfide) groups is 1. The van der Waals surface area contributed by atoms with Crippen molar-refractivity contribution >= 4 is 44.6 Å². The van der Waals surface area contributed by atoms with Crippen molar-refractivity contribution in [2.24, 2.45) is 5.73 Å². The molecule has 0 amide bonds. The lowest BCUT2D eigenvalue weighted by Gasteiger charge is -2.35. The number of aryl methyl sites for hydroxylation is 1. The molecule has 2 N–H and O–H groups in total. The number of sulfone groups is 1. The number of nitrogens with two attached hydrogens (primary N) is 1. The van der Waals surface area contributed by atoms with Crippen LogP contribution in [0, 0.1) is 6.92 Å². The fourth-order valence-corrected chi connectivity index (χ4v) is 5.37. The van der Waals surface area contributed by atoms with Crippen molar-refractivity contribution in [3.8, 4) is 0 Å². The van der Waals surface area contributed by atoms with E-state index in [1.54, 1.807) is 24.8 Å². The van der Waals surface area contributed by atoms with Gasteiger partial charge in [-0.1, -0.05) is 19.1 Å². The van der Waals surface area contributed by atoms with Gasteiger partial charge in [-0.2, -0.15) is 11.8 Å². The third-order valence-electron chi connectivity index (χ3n) is 3.42. The lowest BCUT2D eigenvalue weighted by atomic mass is 10.2. The van der Waals surface area contributed by atoms with E-state index >= 15 is 0 Å². The van der Waals surface area contributed by atoms with Crippen LogP contribution in [0.2, 0.25) is 0 Å². The van der Waals surface area contributed by atoms with Gasteiger partial charge in [0.1, 0.15) is 16.2 Å². The van der Waals surface area contributed by atoms with Gasteiger partial charge >= 0.3 is 0 Å². The molecule has 2 rings (SSSR count). The summed E-state index contributed by atoms with van der Waals surface area (Å²) in [6.07, 6.45) is 0. The highest BCUT2D eigenvalue weighted by Gasteiger charge is 2.33. The quantitative estimate of drug-likeness (QED) is 0.825. The maximum atomic E-state index is 12.3. The number of aromatic nitrogens is 1. The van der Waals surface area contributed by atoms with Gasteiger partial charge in [0.2, 0.25) is 0 Å². The highest BCUT2D eigenvalue weighted by Crippen LogP contribution is 2.27. The number of hydrogen-bond acceptors (Lipinski definition) is 6. The summed E-state index contributed by atoms with van der Waals surface area (Å²) < 4.78 is 24.6. The van der Waals surface area contributed by atoms with Crippen molar-refractivity contribution in [1.82, 2.24) is 4.98 Å². The van der Waals surface area contributed by atoms with Crippen LogP contribution >= 0.6 is 24.0 Å². The largest absolute Gasteiger partial charge is 0.389 e. The molecule has 0 aromatic carbocycles. The minimum Gasteiger partial charge on any atom is -0.389 e. The monoisotopic (exact) mass is 345 g/mol. The minimum atomic E-state index is -3.16. The summed E-state index contributed by atoms with van der Waals surface area (Å²) in [4.78, 5) is 6.63. The zero-order chi connectivity index (χ0) is 15.6. The van der Waals surface area contributed by atoms with E-state index in [0.717, 1.165) is 17.0 Å². The molecule has 21 heavy (non-hydrogen) atoms. The molecule has 1 aromatic rings. The molecule has 2 heterocycles. The number of nitrogens with zero attached hydrogens (tertiary/aromatic N) is 2. The van der Waals surface area contributed by atoms with Crippen LogP contribution in [0.4, 0.5) is 5.82 Å². The maximum absolute atomic E-state index is 12.3. The summed E-state index contributed by atoms with van der Waals surface area (Å²) in [5.74, 6) is 2.21. The first kappa shape index (κ1) is 16.5. The predicted molar refractivity (Wildman–Crippen MR) is 92.8 cm³/mol. The topological polar surface area (TPSA) is 76.3 Å². The van der Waals surface area contributed by atoms with E-state index in [2.05, 4.69) is 4.98 Å². The van der Waals surface area contributed by atoms with E-state index in [-0.39, 0.29) is 5.75 Å². The van der Waals surface area contributed by atoms with Crippen LogP contribution in [0.1, 0.15) is 18.2 Å². The molecule has 0 radical (unpaired) electrons. The van der Waals surface area contributed by atoms with Crippen LogP contribution in [0.3, 0.4) is 0 Å². The van der Waals surface area contributed by atoms with Crippen LogP contribution in [0.15, 0.2) is 12.1 Å².